The van der Waals surface area contributed by atoms with E-state index in [1.165, 1.54) is 0 Å². The van der Waals surface area contributed by atoms with Gasteiger partial charge in [-0.1, -0.05) is 41.5 Å². The van der Waals surface area contributed by atoms with Crippen LogP contribution in [0.2, 0.25) is 0 Å². The monoisotopic (exact) mass is 222 g/mol. The lowest BCUT2D eigenvalue weighted by atomic mass is 9.68. The van der Waals surface area contributed by atoms with E-state index >= 15 is 0 Å². The van der Waals surface area contributed by atoms with Crippen LogP contribution in [-0.4, -0.2) is 20.4 Å². The molecule has 0 aromatic rings. The van der Waals surface area contributed by atoms with E-state index in [1.807, 2.05) is 41.5 Å². The van der Waals surface area contributed by atoms with Gasteiger partial charge in [-0.3, -0.25) is 0 Å². The molecule has 0 spiro atoms. The first-order valence-corrected chi connectivity index (χ1v) is 6.48. The molecule has 0 saturated carbocycles. The van der Waals surface area contributed by atoms with Crippen molar-refractivity contribution in [3.63, 3.8) is 0 Å². The van der Waals surface area contributed by atoms with Crippen LogP contribution in [0.1, 0.15) is 44.3 Å². The van der Waals surface area contributed by atoms with Gasteiger partial charge in [0.15, 0.2) is 0 Å². The van der Waals surface area contributed by atoms with E-state index in [0.29, 0.717) is 0 Å². The molecule has 3 heteroatoms. The molecule has 0 aliphatic heterocycles. The molecule has 0 saturated heterocycles. The summed E-state index contributed by atoms with van der Waals surface area (Å²) in [4.78, 5) is 0. The predicted molar refractivity (Wildman–Crippen MR) is 62.1 cm³/mol. The number of rotatable bonds is 2. The van der Waals surface area contributed by atoms with Crippen LogP contribution in [0, 0.1) is 16.7 Å². The Morgan fingerprint density at radius 2 is 1.50 bits per heavy atom. The summed E-state index contributed by atoms with van der Waals surface area (Å²) in [5, 5.41) is 0. The van der Waals surface area contributed by atoms with E-state index in [2.05, 4.69) is 0 Å². The van der Waals surface area contributed by atoms with E-state index < -0.39 is 21.8 Å². The second-order valence-corrected chi connectivity index (χ2v) is 7.61. The molecular formula is C11H24O2S. The molecule has 0 amide bonds. The third-order valence-electron chi connectivity index (χ3n) is 2.21. The lowest BCUT2D eigenvalue weighted by Gasteiger charge is -2.40. The lowest BCUT2D eigenvalue weighted by Crippen LogP contribution is -2.37. The topological polar surface area (TPSA) is 34.1 Å². The molecule has 0 N–H and O–H groups in total. The van der Waals surface area contributed by atoms with Crippen LogP contribution in [0.15, 0.2) is 0 Å². The smallest absolute Gasteiger partial charge is 0.147 e. The standard InChI is InChI=1S/C11H24O2S/c1-10(2,3)9(11(4,5)6)8-14(7,12)13/h9H,8H2,1-7H3/i7D,8D. The molecule has 0 aliphatic rings. The highest BCUT2D eigenvalue weighted by Gasteiger charge is 2.36. The molecule has 0 aromatic heterocycles. The Morgan fingerprint density at radius 1 is 1.14 bits per heavy atom. The van der Waals surface area contributed by atoms with Crippen molar-refractivity contribution >= 4 is 9.84 Å². The average Bonchev–Trinajstić information content (AvgIpc) is 1.98. The van der Waals surface area contributed by atoms with Gasteiger partial charge >= 0.3 is 0 Å². The van der Waals surface area contributed by atoms with Crippen molar-refractivity contribution in [2.45, 2.75) is 41.5 Å². The van der Waals surface area contributed by atoms with E-state index in [0.717, 1.165) is 0 Å². The normalized spacial score (nSPS) is 19.1. The summed E-state index contributed by atoms with van der Waals surface area (Å²) in [6.07, 6.45) is -0.705. The maximum atomic E-state index is 11.7. The van der Waals surface area contributed by atoms with Crippen LogP contribution >= 0.6 is 0 Å². The first-order valence-electron chi connectivity index (χ1n) is 6.05. The van der Waals surface area contributed by atoms with Crippen LogP contribution in [0.3, 0.4) is 0 Å². The quantitative estimate of drug-likeness (QED) is 0.720. The predicted octanol–water partition coefficient (Wildman–Crippen LogP) is 2.74. The van der Waals surface area contributed by atoms with E-state index in [9.17, 15) is 8.42 Å². The Bertz CT molecular complexity index is 309. The van der Waals surface area contributed by atoms with Gasteiger partial charge in [0, 0.05) is 8.97 Å². The van der Waals surface area contributed by atoms with Crippen molar-refractivity contribution in [3.8, 4) is 0 Å². The summed E-state index contributed by atoms with van der Waals surface area (Å²) >= 11 is 0. The van der Waals surface area contributed by atoms with Gasteiger partial charge < -0.3 is 0 Å². The van der Waals surface area contributed by atoms with Crippen LogP contribution in [0.5, 0.6) is 0 Å². The van der Waals surface area contributed by atoms with Crippen LogP contribution < -0.4 is 0 Å². The minimum Gasteiger partial charge on any atom is -0.229 e. The number of sulfone groups is 1. The molecule has 0 aromatic carbocycles. The van der Waals surface area contributed by atoms with Crippen molar-refractivity contribution in [3.05, 3.63) is 0 Å². The fourth-order valence-electron chi connectivity index (χ4n) is 1.91. The van der Waals surface area contributed by atoms with Gasteiger partial charge in [0.2, 0.25) is 0 Å². The summed E-state index contributed by atoms with van der Waals surface area (Å²) in [5.74, 6) is -0.296. The van der Waals surface area contributed by atoms with E-state index in [1.54, 1.807) is 0 Å². The first-order chi connectivity index (χ1) is 6.84. The first kappa shape index (κ1) is 10.5. The molecule has 14 heavy (non-hydrogen) atoms. The second kappa shape index (κ2) is 3.84. The zero-order valence-corrected chi connectivity index (χ0v) is 10.9. The fourth-order valence-corrected chi connectivity index (χ4v) is 3.15. The van der Waals surface area contributed by atoms with Crippen molar-refractivity contribution in [1.29, 1.82) is 0 Å². The fraction of sp³-hybridized carbons (Fsp3) is 1.00. The number of hydrogen-bond donors (Lipinski definition) is 0. The minimum absolute atomic E-state index is 0.271. The molecule has 0 heterocycles. The van der Waals surface area contributed by atoms with Crippen molar-refractivity contribution < 1.29 is 11.2 Å². The van der Waals surface area contributed by atoms with Gasteiger partial charge in [-0.15, -0.1) is 0 Å². The molecule has 0 fully saturated rings. The third kappa shape index (κ3) is 4.99. The third-order valence-corrected chi connectivity index (χ3v) is 2.90. The molecule has 0 bridgehead atoms. The molecule has 1 unspecified atom stereocenters. The Morgan fingerprint density at radius 3 is 1.71 bits per heavy atom. The molecule has 0 rings (SSSR count). The van der Waals surface area contributed by atoms with Gasteiger partial charge in [-0.05, 0) is 16.7 Å². The van der Waals surface area contributed by atoms with Gasteiger partial charge in [0.05, 0.1) is 5.73 Å². The van der Waals surface area contributed by atoms with Crippen molar-refractivity contribution in [2.75, 3.05) is 12.0 Å². The van der Waals surface area contributed by atoms with Crippen LogP contribution in [0.25, 0.3) is 0 Å². The van der Waals surface area contributed by atoms with Gasteiger partial charge in [-0.25, -0.2) is 8.42 Å². The molecule has 86 valence electrons. The van der Waals surface area contributed by atoms with Gasteiger partial charge in [0.1, 0.15) is 9.84 Å². The summed E-state index contributed by atoms with van der Waals surface area (Å²) in [7, 11) is -3.63. The van der Waals surface area contributed by atoms with Gasteiger partial charge in [0.25, 0.3) is 0 Å². The molecule has 0 radical (unpaired) electrons. The zero-order chi connectivity index (χ0) is 13.4. The Balaban J connectivity index is 5.42. The molecule has 1 atom stereocenters. The summed E-state index contributed by atoms with van der Waals surface area (Å²) < 4.78 is 38.3. The zero-order valence-electron chi connectivity index (χ0n) is 12.1. The molecular weight excluding hydrogens is 196 g/mol. The highest BCUT2D eigenvalue weighted by atomic mass is 32.2. The van der Waals surface area contributed by atoms with E-state index in [4.69, 9.17) is 2.74 Å². The molecule has 0 aliphatic carbocycles. The minimum atomic E-state index is -3.63. The summed E-state index contributed by atoms with van der Waals surface area (Å²) in [6, 6.07) is 0. The summed E-state index contributed by atoms with van der Waals surface area (Å²) in [5.41, 5.74) is -1.76. The lowest BCUT2D eigenvalue weighted by molar-refractivity contribution is 0.123. The van der Waals surface area contributed by atoms with Crippen LogP contribution in [-0.2, 0) is 9.84 Å². The second-order valence-electron chi connectivity index (χ2n) is 6.01. The SMILES string of the molecule is [2H]CS(=O)(=O)C([2H])C(C(C)(C)C)C(C)(C)C. The van der Waals surface area contributed by atoms with Gasteiger partial charge in [-0.2, -0.15) is 0 Å². The Kier molecular flexibility index (Phi) is 2.87. The molecule has 2 nitrogen and oxygen atoms in total. The Labute approximate surface area is 91.8 Å². The maximum Gasteiger partial charge on any atom is 0.147 e. The Hall–Kier alpha value is -0.0500. The van der Waals surface area contributed by atoms with E-state index in [-0.39, 0.29) is 16.7 Å². The highest BCUT2D eigenvalue weighted by molar-refractivity contribution is 7.90. The largest absolute Gasteiger partial charge is 0.229 e. The highest BCUT2D eigenvalue weighted by Crippen LogP contribution is 2.40. The van der Waals surface area contributed by atoms with Crippen LogP contribution in [0.4, 0.5) is 0 Å². The summed E-state index contributed by atoms with van der Waals surface area (Å²) in [6.45, 7) is 11.7. The maximum absolute atomic E-state index is 11.7. The van der Waals surface area contributed by atoms with Crippen molar-refractivity contribution in [1.82, 2.24) is 0 Å². The number of hydrogen-bond acceptors (Lipinski definition) is 2. The average molecular weight is 222 g/mol. The van der Waals surface area contributed by atoms with Crippen molar-refractivity contribution in [2.24, 2.45) is 16.7 Å².